The first kappa shape index (κ1) is 33.9. The second kappa shape index (κ2) is 16.3. The predicted octanol–water partition coefficient (Wildman–Crippen LogP) is 1.14. The number of aromatic hydroxyl groups is 1. The van der Waals surface area contributed by atoms with Crippen LogP contribution in [0.15, 0.2) is 54.7 Å². The highest BCUT2D eigenvalue weighted by atomic mass is 32.2. The molecule has 0 bridgehead atoms. The molecule has 13 nitrogen and oxygen atoms in total. The largest absolute Gasteiger partial charge is 0.508 e. The van der Waals surface area contributed by atoms with Gasteiger partial charge in [-0.1, -0.05) is 30.3 Å². The zero-order valence-electron chi connectivity index (χ0n) is 24.1. The van der Waals surface area contributed by atoms with Crippen LogP contribution in [-0.2, 0) is 36.8 Å². The third-order valence-electron chi connectivity index (χ3n) is 6.97. The third-order valence-corrected chi connectivity index (χ3v) is 7.62. The number of thioether (sulfide) groups is 1. The van der Waals surface area contributed by atoms with E-state index in [4.69, 9.17) is 5.73 Å². The molecule has 0 fully saturated rings. The molecule has 3 amide bonds. The van der Waals surface area contributed by atoms with Crippen LogP contribution in [0.4, 0.5) is 0 Å². The van der Waals surface area contributed by atoms with E-state index < -0.39 is 60.2 Å². The maximum atomic E-state index is 13.6. The van der Waals surface area contributed by atoms with Crippen molar-refractivity contribution in [2.24, 2.45) is 5.73 Å². The molecule has 2 aromatic carbocycles. The number of aromatic amines is 1. The number of rotatable bonds is 17. The molecule has 9 N–H and O–H groups in total. The van der Waals surface area contributed by atoms with Crippen LogP contribution in [0.3, 0.4) is 0 Å². The molecular weight excluding hydrogens is 590 g/mol. The number of phenolic OH excluding ortho intramolecular Hbond substituents is 1. The van der Waals surface area contributed by atoms with Crippen LogP contribution in [0, 0.1) is 0 Å². The number of benzene rings is 2. The van der Waals surface area contributed by atoms with Crippen LogP contribution < -0.4 is 21.7 Å². The van der Waals surface area contributed by atoms with Crippen LogP contribution >= 0.6 is 11.8 Å². The van der Waals surface area contributed by atoms with E-state index in [1.54, 1.807) is 6.20 Å². The second-order valence-corrected chi connectivity index (χ2v) is 11.3. The lowest BCUT2D eigenvalue weighted by Gasteiger charge is -2.25. The van der Waals surface area contributed by atoms with E-state index >= 15 is 0 Å². The molecule has 4 atom stereocenters. The van der Waals surface area contributed by atoms with Crippen molar-refractivity contribution < 1.29 is 39.3 Å². The average molecular weight is 628 g/mol. The first-order chi connectivity index (χ1) is 21.0. The van der Waals surface area contributed by atoms with Gasteiger partial charge in [-0.3, -0.25) is 19.2 Å². The predicted molar refractivity (Wildman–Crippen MR) is 165 cm³/mol. The van der Waals surface area contributed by atoms with Crippen molar-refractivity contribution in [3.63, 3.8) is 0 Å². The second-order valence-electron chi connectivity index (χ2n) is 10.3. The third kappa shape index (κ3) is 10.0. The number of carboxylic acids is 2. The summed E-state index contributed by atoms with van der Waals surface area (Å²) in [6.07, 6.45) is 3.03. The SMILES string of the molecule is CSCCC(N)C(=O)NC(Cc1c[nH]c2ccccc12)C(=O)NC(CCC(=O)O)C(=O)NC(Cc1ccc(O)cc1)C(=O)O. The minimum atomic E-state index is -1.42. The van der Waals surface area contributed by atoms with Crippen LogP contribution in [-0.4, -0.2) is 86.1 Å². The molecule has 236 valence electrons. The van der Waals surface area contributed by atoms with Crippen molar-refractivity contribution in [1.82, 2.24) is 20.9 Å². The Bertz CT molecular complexity index is 1460. The number of aromatic nitrogens is 1. The molecule has 0 aliphatic carbocycles. The van der Waals surface area contributed by atoms with Gasteiger partial charge < -0.3 is 42.0 Å². The Kier molecular flexibility index (Phi) is 12.6. The van der Waals surface area contributed by atoms with Crippen molar-refractivity contribution >= 4 is 52.3 Å². The maximum absolute atomic E-state index is 13.6. The van der Waals surface area contributed by atoms with Crippen molar-refractivity contribution in [1.29, 1.82) is 0 Å². The number of fused-ring (bicyclic) bond motifs is 1. The van der Waals surface area contributed by atoms with E-state index in [0.717, 1.165) is 10.9 Å². The van der Waals surface area contributed by atoms with E-state index in [1.165, 1.54) is 36.0 Å². The fourth-order valence-corrected chi connectivity index (χ4v) is 5.02. The summed E-state index contributed by atoms with van der Waals surface area (Å²) in [5.74, 6) is -4.19. The average Bonchev–Trinajstić information content (AvgIpc) is 3.40. The van der Waals surface area contributed by atoms with Gasteiger partial charge in [0.15, 0.2) is 0 Å². The van der Waals surface area contributed by atoms with Crippen molar-refractivity contribution in [3.8, 4) is 5.75 Å². The minimum Gasteiger partial charge on any atom is -0.508 e. The number of hydrogen-bond donors (Lipinski definition) is 8. The Hall–Kier alpha value is -4.56. The van der Waals surface area contributed by atoms with Gasteiger partial charge in [-0.15, -0.1) is 0 Å². The first-order valence-corrected chi connectivity index (χ1v) is 15.3. The number of carbonyl (C=O) groups excluding carboxylic acids is 3. The zero-order chi connectivity index (χ0) is 32.2. The molecular formula is C30H37N5O8S. The molecule has 3 rings (SSSR count). The molecule has 0 aliphatic heterocycles. The molecule has 0 saturated carbocycles. The van der Waals surface area contributed by atoms with Gasteiger partial charge in [0.2, 0.25) is 17.7 Å². The van der Waals surface area contributed by atoms with Crippen LogP contribution in [0.2, 0.25) is 0 Å². The Morgan fingerprint density at radius 3 is 2.14 bits per heavy atom. The van der Waals surface area contributed by atoms with Gasteiger partial charge in [0.05, 0.1) is 6.04 Å². The molecule has 0 aliphatic rings. The van der Waals surface area contributed by atoms with Crippen molar-refractivity contribution in [2.75, 3.05) is 12.0 Å². The monoisotopic (exact) mass is 627 g/mol. The Labute approximate surface area is 258 Å². The van der Waals surface area contributed by atoms with E-state index in [-0.39, 0.29) is 25.0 Å². The first-order valence-electron chi connectivity index (χ1n) is 13.9. The van der Waals surface area contributed by atoms with E-state index in [1.807, 2.05) is 30.5 Å². The molecule has 1 aromatic heterocycles. The summed E-state index contributed by atoms with van der Waals surface area (Å²) >= 11 is 1.52. The van der Waals surface area contributed by atoms with Gasteiger partial charge >= 0.3 is 11.9 Å². The van der Waals surface area contributed by atoms with Gasteiger partial charge in [-0.2, -0.15) is 11.8 Å². The summed E-state index contributed by atoms with van der Waals surface area (Å²) in [4.78, 5) is 66.3. The van der Waals surface area contributed by atoms with Crippen LogP contribution in [0.25, 0.3) is 10.9 Å². The summed E-state index contributed by atoms with van der Waals surface area (Å²) in [5, 5.41) is 36.9. The number of nitrogens with two attached hydrogens (primary N) is 1. The van der Waals surface area contributed by atoms with E-state index in [9.17, 15) is 39.3 Å². The van der Waals surface area contributed by atoms with Gasteiger partial charge in [0.1, 0.15) is 23.9 Å². The Balaban J connectivity index is 1.83. The van der Waals surface area contributed by atoms with Gasteiger partial charge in [-0.05, 0) is 54.2 Å². The van der Waals surface area contributed by atoms with Crippen molar-refractivity contribution in [2.45, 2.75) is 56.3 Å². The molecule has 1 heterocycles. The fraction of sp³-hybridized carbons (Fsp3) is 0.367. The lowest BCUT2D eigenvalue weighted by Crippen LogP contribution is -2.57. The van der Waals surface area contributed by atoms with E-state index in [0.29, 0.717) is 23.3 Å². The highest BCUT2D eigenvalue weighted by molar-refractivity contribution is 7.98. The summed E-state index contributed by atoms with van der Waals surface area (Å²) in [7, 11) is 0. The molecule has 0 radical (unpaired) electrons. The molecule has 0 saturated heterocycles. The Morgan fingerprint density at radius 1 is 0.841 bits per heavy atom. The van der Waals surface area contributed by atoms with E-state index in [2.05, 4.69) is 20.9 Å². The van der Waals surface area contributed by atoms with Gasteiger partial charge in [0.25, 0.3) is 0 Å². The number of hydrogen-bond acceptors (Lipinski definition) is 8. The number of aliphatic carboxylic acids is 2. The maximum Gasteiger partial charge on any atom is 0.326 e. The summed E-state index contributed by atoms with van der Waals surface area (Å²) in [5.41, 5.74) is 8.08. The highest BCUT2D eigenvalue weighted by Crippen LogP contribution is 2.19. The highest BCUT2D eigenvalue weighted by Gasteiger charge is 2.31. The normalized spacial score (nSPS) is 13.8. The van der Waals surface area contributed by atoms with Crippen LogP contribution in [0.1, 0.15) is 30.4 Å². The number of para-hydroxylation sites is 1. The Morgan fingerprint density at radius 2 is 1.48 bits per heavy atom. The quantitative estimate of drug-likeness (QED) is 0.107. The van der Waals surface area contributed by atoms with Crippen LogP contribution in [0.5, 0.6) is 5.75 Å². The number of carboxylic acid groups (broad SMARTS) is 2. The number of H-pyrrole nitrogens is 1. The molecule has 14 heteroatoms. The molecule has 4 unspecified atom stereocenters. The summed E-state index contributed by atoms with van der Waals surface area (Å²) in [6, 6.07) is 8.23. The molecule has 44 heavy (non-hydrogen) atoms. The molecule has 0 spiro atoms. The van der Waals surface area contributed by atoms with Gasteiger partial charge in [-0.25, -0.2) is 4.79 Å². The number of carbonyl (C=O) groups is 5. The smallest absolute Gasteiger partial charge is 0.326 e. The van der Waals surface area contributed by atoms with Gasteiger partial charge in [0, 0.05) is 36.4 Å². The standard InChI is InChI=1S/C30H37N5O8S/c1-44-13-12-21(31)27(39)34-24(15-18-16-32-22-5-3-2-4-20(18)22)29(41)33-23(10-11-26(37)38)28(40)35-25(30(42)43)14-17-6-8-19(36)9-7-17/h2-9,16,21,23-25,32,36H,10-15,31H2,1H3,(H,33,41)(H,34,39)(H,35,40)(H,37,38)(H,42,43). The minimum absolute atomic E-state index is 0.0133. The molecule has 3 aromatic rings. The topological polar surface area (TPSA) is 224 Å². The van der Waals surface area contributed by atoms with Crippen molar-refractivity contribution in [3.05, 3.63) is 65.9 Å². The lowest BCUT2D eigenvalue weighted by atomic mass is 10.0. The number of nitrogens with one attached hydrogen (secondary N) is 4. The summed E-state index contributed by atoms with van der Waals surface area (Å²) < 4.78 is 0. The number of amides is 3. The fourth-order valence-electron chi connectivity index (χ4n) is 4.53. The number of phenols is 1. The lowest BCUT2D eigenvalue weighted by molar-refractivity contribution is -0.143. The zero-order valence-corrected chi connectivity index (χ0v) is 24.9. The summed E-state index contributed by atoms with van der Waals surface area (Å²) in [6.45, 7) is 0.